The average Bonchev–Trinajstić information content (AvgIpc) is 3.50. The van der Waals surface area contributed by atoms with Crippen molar-refractivity contribution in [3.63, 3.8) is 0 Å². The zero-order valence-electron chi connectivity index (χ0n) is 15.0. The van der Waals surface area contributed by atoms with Crippen LogP contribution in [0.2, 0.25) is 0 Å². The highest BCUT2D eigenvalue weighted by Crippen LogP contribution is 2.30. The lowest BCUT2D eigenvalue weighted by atomic mass is 10.1. The summed E-state index contributed by atoms with van der Waals surface area (Å²) in [4.78, 5) is 21.5. The highest BCUT2D eigenvalue weighted by atomic mass is 32.2. The molecule has 3 aromatic rings. The van der Waals surface area contributed by atoms with Crippen LogP contribution in [-0.2, 0) is 11.2 Å². The Kier molecular flexibility index (Phi) is 5.07. The first kappa shape index (κ1) is 17.9. The van der Waals surface area contributed by atoms with Gasteiger partial charge in [0.1, 0.15) is 10.8 Å². The van der Waals surface area contributed by atoms with Crippen molar-refractivity contribution in [2.45, 2.75) is 37.3 Å². The van der Waals surface area contributed by atoms with Gasteiger partial charge in [0.15, 0.2) is 5.82 Å². The van der Waals surface area contributed by atoms with Crippen molar-refractivity contribution < 1.29 is 9.18 Å². The Morgan fingerprint density at radius 2 is 1.96 bits per heavy atom. The molecule has 0 saturated heterocycles. The lowest BCUT2D eigenvalue weighted by molar-refractivity contribution is -0.118. The zero-order valence-corrected chi connectivity index (χ0v) is 15.9. The van der Waals surface area contributed by atoms with E-state index in [1.165, 1.54) is 23.9 Å². The molecule has 27 heavy (non-hydrogen) atoms. The summed E-state index contributed by atoms with van der Waals surface area (Å²) in [6, 6.07) is 12.6. The topological polar surface area (TPSA) is 54.9 Å². The molecule has 4 nitrogen and oxygen atoms in total. The van der Waals surface area contributed by atoms with Crippen molar-refractivity contribution >= 4 is 28.6 Å². The van der Waals surface area contributed by atoms with Gasteiger partial charge in [0, 0.05) is 17.0 Å². The minimum atomic E-state index is -0.292. The van der Waals surface area contributed by atoms with E-state index in [0.717, 1.165) is 46.3 Å². The predicted octanol–water partition coefficient (Wildman–Crippen LogP) is 4.37. The third-order valence-corrected chi connectivity index (χ3v) is 5.53. The fourth-order valence-corrected chi connectivity index (χ4v) is 3.76. The van der Waals surface area contributed by atoms with E-state index < -0.39 is 0 Å². The Labute approximate surface area is 161 Å². The molecule has 138 valence electrons. The van der Waals surface area contributed by atoms with Crippen LogP contribution in [0.15, 0.2) is 47.5 Å². The fourth-order valence-electron chi connectivity index (χ4n) is 2.94. The number of thioether (sulfide) groups is 1. The largest absolute Gasteiger partial charge is 0.353 e. The number of nitrogens with one attached hydrogen (secondary N) is 1. The number of aromatic nitrogens is 2. The van der Waals surface area contributed by atoms with Crippen LogP contribution in [0.5, 0.6) is 0 Å². The Morgan fingerprint density at radius 3 is 2.67 bits per heavy atom. The van der Waals surface area contributed by atoms with Crippen molar-refractivity contribution in [1.82, 2.24) is 15.3 Å². The number of hydrogen-bond donors (Lipinski definition) is 1. The Bertz CT molecular complexity index is 987. The number of amides is 1. The average molecular weight is 381 g/mol. The number of carbonyl (C=O) groups excluding carboxylic acids is 1. The first-order valence-corrected chi connectivity index (χ1v) is 10.1. The van der Waals surface area contributed by atoms with E-state index in [9.17, 15) is 9.18 Å². The molecular weight excluding hydrogens is 361 g/mol. The fraction of sp³-hybridized carbons (Fsp3) is 0.286. The van der Waals surface area contributed by atoms with Crippen LogP contribution in [0.1, 0.15) is 25.3 Å². The summed E-state index contributed by atoms with van der Waals surface area (Å²) in [6.07, 6.45) is 2.99. The van der Waals surface area contributed by atoms with Gasteiger partial charge in [-0.1, -0.05) is 36.9 Å². The number of aryl methyl sites for hydroxylation is 1. The molecule has 1 N–H and O–H groups in total. The van der Waals surface area contributed by atoms with Crippen LogP contribution in [0.25, 0.3) is 22.3 Å². The van der Waals surface area contributed by atoms with Gasteiger partial charge in [0.05, 0.1) is 11.3 Å². The molecule has 6 heteroatoms. The summed E-state index contributed by atoms with van der Waals surface area (Å²) in [5, 5.41) is 4.73. The number of para-hydroxylation sites is 1. The third-order valence-electron chi connectivity index (χ3n) is 4.54. The van der Waals surface area contributed by atoms with Gasteiger partial charge >= 0.3 is 0 Å². The summed E-state index contributed by atoms with van der Waals surface area (Å²) >= 11 is 1.42. The lowest BCUT2D eigenvalue weighted by Gasteiger charge is -2.11. The van der Waals surface area contributed by atoms with Crippen molar-refractivity contribution in [2.24, 2.45) is 0 Å². The van der Waals surface area contributed by atoms with Gasteiger partial charge in [-0.05, 0) is 49.1 Å². The van der Waals surface area contributed by atoms with Crippen molar-refractivity contribution in [3.8, 4) is 11.4 Å². The normalized spacial score (nSPS) is 13.7. The molecule has 1 fully saturated rings. The molecule has 1 amide bonds. The van der Waals surface area contributed by atoms with E-state index in [-0.39, 0.29) is 11.7 Å². The molecule has 0 aliphatic heterocycles. The highest BCUT2D eigenvalue weighted by Gasteiger charge is 2.23. The molecule has 1 aliphatic carbocycles. The van der Waals surface area contributed by atoms with E-state index in [0.29, 0.717) is 17.6 Å². The molecule has 1 saturated carbocycles. The number of halogens is 1. The maximum atomic E-state index is 13.3. The van der Waals surface area contributed by atoms with Crippen LogP contribution in [0, 0.1) is 5.82 Å². The quantitative estimate of drug-likeness (QED) is 0.509. The molecule has 1 heterocycles. The number of hydrogen-bond acceptors (Lipinski definition) is 4. The van der Waals surface area contributed by atoms with E-state index >= 15 is 0 Å². The number of fused-ring (bicyclic) bond motifs is 1. The summed E-state index contributed by atoms with van der Waals surface area (Å²) in [6.45, 7) is 2.09. The predicted molar refractivity (Wildman–Crippen MR) is 106 cm³/mol. The Hall–Kier alpha value is -2.47. The van der Waals surface area contributed by atoms with Gasteiger partial charge in [0.25, 0.3) is 0 Å². The molecule has 1 aromatic heterocycles. The second kappa shape index (κ2) is 7.64. The molecule has 0 unspecified atom stereocenters. The molecule has 0 bridgehead atoms. The first-order valence-electron chi connectivity index (χ1n) is 9.12. The molecule has 2 aromatic carbocycles. The summed E-state index contributed by atoms with van der Waals surface area (Å²) in [5.74, 6) is 0.611. The van der Waals surface area contributed by atoms with Gasteiger partial charge in [0.2, 0.25) is 5.91 Å². The summed E-state index contributed by atoms with van der Waals surface area (Å²) in [7, 11) is 0. The molecule has 4 rings (SSSR count). The second-order valence-corrected chi connectivity index (χ2v) is 7.62. The number of carbonyl (C=O) groups is 1. The van der Waals surface area contributed by atoms with Gasteiger partial charge in [-0.3, -0.25) is 4.79 Å². The van der Waals surface area contributed by atoms with E-state index in [2.05, 4.69) is 18.3 Å². The maximum absolute atomic E-state index is 13.3. The van der Waals surface area contributed by atoms with Crippen LogP contribution in [0.3, 0.4) is 0 Å². The molecule has 0 atom stereocenters. The van der Waals surface area contributed by atoms with Gasteiger partial charge < -0.3 is 5.32 Å². The minimum absolute atomic E-state index is 0.0317. The lowest BCUT2D eigenvalue weighted by Crippen LogP contribution is -2.27. The Morgan fingerprint density at radius 1 is 1.19 bits per heavy atom. The van der Waals surface area contributed by atoms with Crippen molar-refractivity contribution in [3.05, 3.63) is 53.8 Å². The van der Waals surface area contributed by atoms with Gasteiger partial charge in [-0.2, -0.15) is 0 Å². The highest BCUT2D eigenvalue weighted by molar-refractivity contribution is 8.00. The first-order chi connectivity index (χ1) is 13.1. The van der Waals surface area contributed by atoms with Crippen molar-refractivity contribution in [2.75, 3.05) is 5.75 Å². The SMILES string of the molecule is CCc1cccc2c(SCC(=O)NC3CC3)nc(-c3ccc(F)cc3)nc12. The number of rotatable bonds is 6. The third kappa shape index (κ3) is 4.11. The smallest absolute Gasteiger partial charge is 0.230 e. The van der Waals surface area contributed by atoms with Crippen molar-refractivity contribution in [1.29, 1.82) is 0 Å². The van der Waals surface area contributed by atoms with Crippen LogP contribution >= 0.6 is 11.8 Å². The Balaban J connectivity index is 1.72. The van der Waals surface area contributed by atoms with Crippen LogP contribution in [0.4, 0.5) is 4.39 Å². The number of benzene rings is 2. The maximum Gasteiger partial charge on any atom is 0.230 e. The monoisotopic (exact) mass is 381 g/mol. The van der Waals surface area contributed by atoms with Crippen LogP contribution in [-0.4, -0.2) is 27.7 Å². The van der Waals surface area contributed by atoms with Crippen LogP contribution < -0.4 is 5.32 Å². The van der Waals surface area contributed by atoms with E-state index in [1.54, 1.807) is 12.1 Å². The number of nitrogens with zero attached hydrogens (tertiary/aromatic N) is 2. The summed E-state index contributed by atoms with van der Waals surface area (Å²) < 4.78 is 13.3. The second-order valence-electron chi connectivity index (χ2n) is 6.66. The molecule has 0 radical (unpaired) electrons. The van der Waals surface area contributed by atoms with E-state index in [1.807, 2.05) is 12.1 Å². The molecular formula is C21H20FN3OS. The minimum Gasteiger partial charge on any atom is -0.353 e. The van der Waals surface area contributed by atoms with Gasteiger partial charge in [-0.15, -0.1) is 0 Å². The van der Waals surface area contributed by atoms with Gasteiger partial charge in [-0.25, -0.2) is 14.4 Å². The standard InChI is InChI=1S/C21H20FN3OS/c1-2-13-4-3-5-17-19(13)24-20(14-6-8-15(22)9-7-14)25-21(17)27-12-18(26)23-16-10-11-16/h3-9,16H,2,10-12H2,1H3,(H,23,26). The molecule has 1 aliphatic rings. The van der Waals surface area contributed by atoms with E-state index in [4.69, 9.17) is 9.97 Å². The zero-order chi connectivity index (χ0) is 18.8. The summed E-state index contributed by atoms with van der Waals surface area (Å²) in [5.41, 5.74) is 2.77. The molecule has 0 spiro atoms.